The van der Waals surface area contributed by atoms with Crippen molar-refractivity contribution in [2.75, 3.05) is 6.61 Å². The molecule has 0 heterocycles. The third-order valence-corrected chi connectivity index (χ3v) is 1.39. The quantitative estimate of drug-likeness (QED) is 0.532. The van der Waals surface area contributed by atoms with E-state index >= 15 is 0 Å². The zero-order valence-corrected chi connectivity index (χ0v) is 8.69. The van der Waals surface area contributed by atoms with Crippen molar-refractivity contribution in [3.8, 4) is 0 Å². The molecule has 0 atom stereocenters. The first-order valence-electron chi connectivity index (χ1n) is 4.51. The highest BCUT2D eigenvalue weighted by molar-refractivity contribution is 5.81. The fraction of sp³-hybridized carbons (Fsp3) is 0.250. The Bertz CT molecular complexity index is 265. The molecule has 0 aromatic heterocycles. The van der Waals surface area contributed by atoms with Crippen molar-refractivity contribution < 1.29 is 9.53 Å². The standard InChI is InChI=1S/C7H8.C5H8O2/c1-7-5-3-2-4-6-7;1-3-5(6)7-4-2/h2-6H,1H3;3H,1,4H2,2H3. The lowest BCUT2D eigenvalue weighted by Crippen LogP contribution is -1.97. The summed E-state index contributed by atoms with van der Waals surface area (Å²) in [5, 5.41) is 0. The number of esters is 1. The van der Waals surface area contributed by atoms with Gasteiger partial charge in [-0.1, -0.05) is 42.5 Å². The molecule has 0 aliphatic carbocycles. The van der Waals surface area contributed by atoms with Crippen LogP contribution in [0.2, 0.25) is 0 Å². The first-order chi connectivity index (χ1) is 6.70. The SMILES string of the molecule is C=CC(=O)OCC.Cc1ccccc1. The van der Waals surface area contributed by atoms with Gasteiger partial charge in [0.2, 0.25) is 0 Å². The molecular formula is C12H16O2. The molecule has 0 bridgehead atoms. The van der Waals surface area contributed by atoms with Crippen molar-refractivity contribution in [2.45, 2.75) is 13.8 Å². The molecule has 1 aromatic rings. The van der Waals surface area contributed by atoms with Crippen LogP contribution in [-0.2, 0) is 9.53 Å². The number of carbonyl (C=O) groups is 1. The molecule has 1 aromatic carbocycles. The Labute approximate surface area is 85.2 Å². The van der Waals surface area contributed by atoms with Gasteiger partial charge in [0.25, 0.3) is 0 Å². The first-order valence-corrected chi connectivity index (χ1v) is 4.51. The van der Waals surface area contributed by atoms with Crippen LogP contribution in [0.1, 0.15) is 12.5 Å². The monoisotopic (exact) mass is 192 g/mol. The Kier molecular flexibility index (Phi) is 7.15. The van der Waals surface area contributed by atoms with Crippen molar-refractivity contribution in [1.29, 1.82) is 0 Å². The molecule has 2 heteroatoms. The van der Waals surface area contributed by atoms with Crippen LogP contribution < -0.4 is 0 Å². The van der Waals surface area contributed by atoms with Crippen molar-refractivity contribution >= 4 is 5.97 Å². The van der Waals surface area contributed by atoms with Crippen LogP contribution in [0.25, 0.3) is 0 Å². The number of aryl methyl sites for hydroxylation is 1. The first kappa shape index (κ1) is 12.4. The molecule has 0 radical (unpaired) electrons. The van der Waals surface area contributed by atoms with Gasteiger partial charge in [-0.25, -0.2) is 4.79 Å². The lowest BCUT2D eigenvalue weighted by Gasteiger charge is -1.90. The minimum absolute atomic E-state index is 0.359. The Morgan fingerprint density at radius 1 is 1.43 bits per heavy atom. The summed E-state index contributed by atoms with van der Waals surface area (Å²) in [4.78, 5) is 10.1. The fourth-order valence-electron chi connectivity index (χ4n) is 0.736. The van der Waals surface area contributed by atoms with Crippen molar-refractivity contribution in [2.24, 2.45) is 0 Å². The van der Waals surface area contributed by atoms with E-state index in [0.717, 1.165) is 6.08 Å². The summed E-state index contributed by atoms with van der Waals surface area (Å²) < 4.78 is 4.43. The van der Waals surface area contributed by atoms with Gasteiger partial charge >= 0.3 is 5.97 Å². The molecule has 0 spiro atoms. The van der Waals surface area contributed by atoms with Crippen LogP contribution in [0.5, 0.6) is 0 Å². The summed E-state index contributed by atoms with van der Waals surface area (Å²) in [6, 6.07) is 10.3. The van der Waals surface area contributed by atoms with Crippen LogP contribution in [0, 0.1) is 6.92 Å². The average Bonchev–Trinajstić information content (AvgIpc) is 2.20. The van der Waals surface area contributed by atoms with Gasteiger partial charge in [0.15, 0.2) is 0 Å². The largest absolute Gasteiger partial charge is 0.463 e. The molecule has 76 valence electrons. The van der Waals surface area contributed by atoms with Crippen LogP contribution in [-0.4, -0.2) is 12.6 Å². The second-order valence-corrected chi connectivity index (χ2v) is 2.61. The van der Waals surface area contributed by atoms with E-state index in [-0.39, 0.29) is 5.97 Å². The normalized spacial score (nSPS) is 8.14. The van der Waals surface area contributed by atoms with E-state index in [0.29, 0.717) is 6.61 Å². The smallest absolute Gasteiger partial charge is 0.330 e. The second kappa shape index (κ2) is 8.05. The summed E-state index contributed by atoms with van der Waals surface area (Å²) in [7, 11) is 0. The van der Waals surface area contributed by atoms with Crippen molar-refractivity contribution in [1.82, 2.24) is 0 Å². The average molecular weight is 192 g/mol. The molecule has 0 aliphatic heterocycles. The molecular weight excluding hydrogens is 176 g/mol. The molecule has 0 aliphatic rings. The predicted octanol–water partition coefficient (Wildman–Crippen LogP) is 2.73. The highest BCUT2D eigenvalue weighted by Gasteiger charge is 1.86. The molecule has 0 amide bonds. The highest BCUT2D eigenvalue weighted by Crippen LogP contribution is 1.92. The molecule has 2 nitrogen and oxygen atoms in total. The van der Waals surface area contributed by atoms with Crippen molar-refractivity contribution in [3.05, 3.63) is 48.6 Å². The van der Waals surface area contributed by atoms with E-state index < -0.39 is 0 Å². The molecule has 0 saturated heterocycles. The van der Waals surface area contributed by atoms with Gasteiger partial charge in [0.1, 0.15) is 0 Å². The molecule has 0 N–H and O–H groups in total. The zero-order chi connectivity index (χ0) is 10.8. The van der Waals surface area contributed by atoms with Crippen LogP contribution in [0.3, 0.4) is 0 Å². The topological polar surface area (TPSA) is 26.3 Å². The molecule has 14 heavy (non-hydrogen) atoms. The third kappa shape index (κ3) is 7.10. The van der Waals surface area contributed by atoms with Crippen LogP contribution in [0.15, 0.2) is 43.0 Å². The number of rotatable bonds is 2. The minimum Gasteiger partial charge on any atom is -0.463 e. The number of carbonyl (C=O) groups excluding carboxylic acids is 1. The van der Waals surface area contributed by atoms with Crippen LogP contribution >= 0.6 is 0 Å². The van der Waals surface area contributed by atoms with Gasteiger partial charge in [-0.2, -0.15) is 0 Å². The number of benzene rings is 1. The lowest BCUT2D eigenvalue weighted by molar-refractivity contribution is -0.137. The number of hydrogen-bond donors (Lipinski definition) is 0. The van der Waals surface area contributed by atoms with Gasteiger partial charge in [-0.05, 0) is 13.8 Å². The number of hydrogen-bond acceptors (Lipinski definition) is 2. The van der Waals surface area contributed by atoms with Gasteiger partial charge in [0.05, 0.1) is 6.61 Å². The Morgan fingerprint density at radius 2 is 2.00 bits per heavy atom. The summed E-state index contributed by atoms with van der Waals surface area (Å²) in [5.74, 6) is -0.359. The van der Waals surface area contributed by atoms with Gasteiger partial charge in [-0.3, -0.25) is 0 Å². The van der Waals surface area contributed by atoms with Gasteiger partial charge in [0, 0.05) is 6.08 Å². The Balaban J connectivity index is 0.000000241. The Morgan fingerprint density at radius 3 is 2.21 bits per heavy atom. The maximum Gasteiger partial charge on any atom is 0.330 e. The molecule has 0 fully saturated rings. The summed E-state index contributed by atoms with van der Waals surface area (Å²) in [5.41, 5.74) is 1.32. The summed E-state index contributed by atoms with van der Waals surface area (Å²) in [6.07, 6.45) is 1.14. The van der Waals surface area contributed by atoms with E-state index in [9.17, 15) is 4.79 Å². The lowest BCUT2D eigenvalue weighted by atomic mass is 10.2. The number of ether oxygens (including phenoxy) is 1. The molecule has 0 unspecified atom stereocenters. The molecule has 0 saturated carbocycles. The van der Waals surface area contributed by atoms with E-state index in [1.807, 2.05) is 18.2 Å². The second-order valence-electron chi connectivity index (χ2n) is 2.61. The Hall–Kier alpha value is -1.57. The summed E-state index contributed by atoms with van der Waals surface area (Å²) >= 11 is 0. The summed E-state index contributed by atoms with van der Waals surface area (Å²) in [6.45, 7) is 7.46. The van der Waals surface area contributed by atoms with E-state index in [1.165, 1.54) is 5.56 Å². The zero-order valence-electron chi connectivity index (χ0n) is 8.69. The van der Waals surface area contributed by atoms with Gasteiger partial charge in [-0.15, -0.1) is 0 Å². The molecule has 1 rings (SSSR count). The van der Waals surface area contributed by atoms with Gasteiger partial charge < -0.3 is 4.74 Å². The van der Waals surface area contributed by atoms with E-state index in [2.05, 4.69) is 30.4 Å². The predicted molar refractivity (Wildman–Crippen MR) is 58.0 cm³/mol. The fourth-order valence-corrected chi connectivity index (χ4v) is 0.736. The van der Waals surface area contributed by atoms with E-state index in [1.54, 1.807) is 6.92 Å². The maximum absolute atomic E-state index is 10.1. The minimum atomic E-state index is -0.359. The third-order valence-electron chi connectivity index (χ3n) is 1.39. The maximum atomic E-state index is 10.1. The van der Waals surface area contributed by atoms with Crippen LogP contribution in [0.4, 0.5) is 0 Å². The van der Waals surface area contributed by atoms with Crippen molar-refractivity contribution in [3.63, 3.8) is 0 Å². The highest BCUT2D eigenvalue weighted by atomic mass is 16.5. The van der Waals surface area contributed by atoms with E-state index in [4.69, 9.17) is 0 Å².